The normalized spacial score (nSPS) is 14.1. The molecule has 1 aliphatic rings. The molecule has 0 radical (unpaired) electrons. The van der Waals surface area contributed by atoms with Gasteiger partial charge in [0.2, 0.25) is 5.91 Å². The van der Waals surface area contributed by atoms with E-state index in [2.05, 4.69) is 0 Å². The van der Waals surface area contributed by atoms with Crippen LogP contribution in [0.15, 0.2) is 36.4 Å². The number of methoxy groups -OCH3 is 2. The van der Waals surface area contributed by atoms with Crippen molar-refractivity contribution in [3.63, 3.8) is 0 Å². The number of carbonyl (C=O) groups excluding carboxylic acids is 2. The first-order chi connectivity index (χ1) is 14.8. The summed E-state index contributed by atoms with van der Waals surface area (Å²) in [6.45, 7) is 1.46. The van der Waals surface area contributed by atoms with Crippen molar-refractivity contribution in [2.75, 3.05) is 40.4 Å². The van der Waals surface area contributed by atoms with Crippen LogP contribution in [-0.2, 0) is 4.79 Å². The fourth-order valence-corrected chi connectivity index (χ4v) is 3.81. The Morgan fingerprint density at radius 3 is 2.26 bits per heavy atom. The number of piperazine rings is 1. The van der Waals surface area contributed by atoms with Gasteiger partial charge in [-0.05, 0) is 42.0 Å². The lowest BCUT2D eigenvalue weighted by Gasteiger charge is -2.34. The summed E-state index contributed by atoms with van der Waals surface area (Å²) in [4.78, 5) is 28.4. The van der Waals surface area contributed by atoms with Crippen LogP contribution in [0.3, 0.4) is 0 Å². The van der Waals surface area contributed by atoms with Gasteiger partial charge in [0.25, 0.3) is 5.91 Å². The third kappa shape index (κ3) is 5.29. The molecule has 0 aromatic heterocycles. The highest BCUT2D eigenvalue weighted by atomic mass is 35.5. The van der Waals surface area contributed by atoms with Gasteiger partial charge in [-0.25, -0.2) is 4.39 Å². The molecule has 2 aromatic carbocycles. The summed E-state index contributed by atoms with van der Waals surface area (Å²) in [5.74, 6) is -0.0756. The molecule has 0 spiro atoms. The number of halogens is 3. The van der Waals surface area contributed by atoms with Gasteiger partial charge in [0, 0.05) is 32.3 Å². The third-order valence-corrected chi connectivity index (χ3v) is 5.51. The summed E-state index contributed by atoms with van der Waals surface area (Å²) >= 11 is 12.2. The van der Waals surface area contributed by atoms with Crippen LogP contribution in [0.25, 0.3) is 6.08 Å². The Morgan fingerprint density at radius 2 is 1.65 bits per heavy atom. The zero-order valence-electron chi connectivity index (χ0n) is 17.0. The van der Waals surface area contributed by atoms with Gasteiger partial charge < -0.3 is 19.3 Å². The Bertz CT molecular complexity index is 1020. The number of carbonyl (C=O) groups is 2. The lowest BCUT2D eigenvalue weighted by Crippen LogP contribution is -2.50. The Kier molecular flexibility index (Phi) is 7.41. The van der Waals surface area contributed by atoms with Crippen LogP contribution in [0.1, 0.15) is 15.9 Å². The molecule has 31 heavy (non-hydrogen) atoms. The summed E-state index contributed by atoms with van der Waals surface area (Å²) in [6.07, 6.45) is 3.10. The van der Waals surface area contributed by atoms with Crippen molar-refractivity contribution >= 4 is 41.1 Å². The van der Waals surface area contributed by atoms with Crippen molar-refractivity contribution in [3.05, 3.63) is 63.4 Å². The zero-order valence-corrected chi connectivity index (χ0v) is 18.5. The molecule has 1 heterocycles. The molecule has 3 rings (SSSR count). The van der Waals surface area contributed by atoms with Crippen LogP contribution in [0, 0.1) is 5.82 Å². The third-order valence-electron chi connectivity index (χ3n) is 4.91. The SMILES string of the molecule is COc1cc(/C=C/C(=O)N2CCN(C(=O)c3ccc(F)cc3Cl)CC2)cc(Cl)c1OC. The summed E-state index contributed by atoms with van der Waals surface area (Å²) < 4.78 is 23.7. The number of rotatable bonds is 5. The van der Waals surface area contributed by atoms with Crippen molar-refractivity contribution in [2.24, 2.45) is 0 Å². The number of hydrogen-bond donors (Lipinski definition) is 0. The van der Waals surface area contributed by atoms with Crippen molar-refractivity contribution in [1.82, 2.24) is 9.80 Å². The highest BCUT2D eigenvalue weighted by Crippen LogP contribution is 2.36. The average Bonchev–Trinajstić information content (AvgIpc) is 2.76. The monoisotopic (exact) mass is 466 g/mol. The fraction of sp³-hybridized carbons (Fsp3) is 0.273. The molecule has 6 nitrogen and oxygen atoms in total. The molecule has 2 aromatic rings. The topological polar surface area (TPSA) is 59.1 Å². The highest BCUT2D eigenvalue weighted by molar-refractivity contribution is 6.33. The first kappa shape index (κ1) is 22.9. The zero-order chi connectivity index (χ0) is 22.5. The van der Waals surface area contributed by atoms with E-state index < -0.39 is 5.82 Å². The van der Waals surface area contributed by atoms with Gasteiger partial charge in [0.1, 0.15) is 5.82 Å². The van der Waals surface area contributed by atoms with Crippen molar-refractivity contribution < 1.29 is 23.5 Å². The molecule has 0 bridgehead atoms. The first-order valence-electron chi connectivity index (χ1n) is 9.47. The molecular weight excluding hydrogens is 446 g/mol. The van der Waals surface area contributed by atoms with E-state index in [9.17, 15) is 14.0 Å². The Labute approximate surface area is 189 Å². The molecule has 0 atom stereocenters. The Balaban J connectivity index is 1.61. The van der Waals surface area contributed by atoms with Gasteiger partial charge in [-0.2, -0.15) is 0 Å². The second kappa shape index (κ2) is 10.0. The second-order valence-electron chi connectivity index (χ2n) is 6.81. The van der Waals surface area contributed by atoms with Crippen LogP contribution in [-0.4, -0.2) is 62.0 Å². The fourth-order valence-electron chi connectivity index (χ4n) is 3.27. The van der Waals surface area contributed by atoms with E-state index in [4.69, 9.17) is 32.7 Å². The molecule has 0 unspecified atom stereocenters. The van der Waals surface area contributed by atoms with Crippen LogP contribution in [0.2, 0.25) is 10.0 Å². The predicted octanol–water partition coefficient (Wildman–Crippen LogP) is 4.15. The summed E-state index contributed by atoms with van der Waals surface area (Å²) in [7, 11) is 3.00. The van der Waals surface area contributed by atoms with Gasteiger partial charge in [-0.3, -0.25) is 9.59 Å². The summed E-state index contributed by atoms with van der Waals surface area (Å²) in [5.41, 5.74) is 0.934. The quantitative estimate of drug-likeness (QED) is 0.621. The van der Waals surface area contributed by atoms with Gasteiger partial charge in [-0.15, -0.1) is 0 Å². The van der Waals surface area contributed by atoms with Crippen LogP contribution in [0.4, 0.5) is 4.39 Å². The van der Waals surface area contributed by atoms with E-state index in [-0.39, 0.29) is 22.4 Å². The van der Waals surface area contributed by atoms with E-state index >= 15 is 0 Å². The number of benzene rings is 2. The van der Waals surface area contributed by atoms with Gasteiger partial charge in [0.05, 0.1) is 29.8 Å². The average molecular weight is 467 g/mol. The predicted molar refractivity (Wildman–Crippen MR) is 117 cm³/mol. The number of amides is 2. The van der Waals surface area contributed by atoms with E-state index in [1.807, 2.05) is 0 Å². The minimum Gasteiger partial charge on any atom is -0.493 e. The minimum atomic E-state index is -0.500. The van der Waals surface area contributed by atoms with Crippen molar-refractivity contribution in [3.8, 4) is 11.5 Å². The molecule has 0 N–H and O–H groups in total. The second-order valence-corrected chi connectivity index (χ2v) is 7.63. The van der Waals surface area contributed by atoms with E-state index in [1.54, 1.807) is 28.0 Å². The molecule has 1 saturated heterocycles. The summed E-state index contributed by atoms with van der Waals surface area (Å²) in [5, 5.41) is 0.445. The Morgan fingerprint density at radius 1 is 0.968 bits per heavy atom. The van der Waals surface area contributed by atoms with E-state index in [0.717, 1.165) is 6.07 Å². The van der Waals surface area contributed by atoms with Crippen LogP contribution < -0.4 is 9.47 Å². The molecule has 0 aliphatic carbocycles. The maximum absolute atomic E-state index is 13.2. The van der Waals surface area contributed by atoms with Gasteiger partial charge in [-0.1, -0.05) is 23.2 Å². The maximum atomic E-state index is 13.2. The molecule has 1 aliphatic heterocycles. The van der Waals surface area contributed by atoms with Gasteiger partial charge in [0.15, 0.2) is 11.5 Å². The van der Waals surface area contributed by atoms with Crippen LogP contribution in [0.5, 0.6) is 11.5 Å². The van der Waals surface area contributed by atoms with Crippen LogP contribution >= 0.6 is 23.2 Å². The van der Waals surface area contributed by atoms with Crippen molar-refractivity contribution in [1.29, 1.82) is 0 Å². The highest BCUT2D eigenvalue weighted by Gasteiger charge is 2.25. The summed E-state index contributed by atoms with van der Waals surface area (Å²) in [6, 6.07) is 7.08. The minimum absolute atomic E-state index is 0.0695. The number of ether oxygens (including phenoxy) is 2. The lowest BCUT2D eigenvalue weighted by molar-refractivity contribution is -0.127. The van der Waals surface area contributed by atoms with Crippen molar-refractivity contribution in [2.45, 2.75) is 0 Å². The number of nitrogens with zero attached hydrogens (tertiary/aromatic N) is 2. The molecule has 1 fully saturated rings. The molecule has 9 heteroatoms. The standard InChI is InChI=1S/C22H21Cl2FN2O4/c1-30-19-12-14(11-18(24)21(19)31-2)3-6-20(28)26-7-9-27(10-8-26)22(29)16-5-4-15(25)13-17(16)23/h3-6,11-13H,7-10H2,1-2H3/b6-3+. The van der Waals surface area contributed by atoms with Gasteiger partial charge >= 0.3 is 0 Å². The smallest absolute Gasteiger partial charge is 0.255 e. The molecule has 2 amide bonds. The first-order valence-corrected chi connectivity index (χ1v) is 10.2. The number of hydrogen-bond acceptors (Lipinski definition) is 4. The lowest BCUT2D eigenvalue weighted by atomic mass is 10.1. The Hall–Kier alpha value is -2.77. The molecule has 164 valence electrons. The molecule has 0 saturated carbocycles. The van der Waals surface area contributed by atoms with E-state index in [1.165, 1.54) is 32.4 Å². The maximum Gasteiger partial charge on any atom is 0.255 e. The largest absolute Gasteiger partial charge is 0.493 e. The van der Waals surface area contributed by atoms with E-state index in [0.29, 0.717) is 48.3 Å². The molecular formula is C22H21Cl2FN2O4.